The van der Waals surface area contributed by atoms with Crippen LogP contribution in [-0.4, -0.2) is 21.8 Å². The van der Waals surface area contributed by atoms with E-state index in [1.54, 1.807) is 6.07 Å². The Bertz CT molecular complexity index is 431. The summed E-state index contributed by atoms with van der Waals surface area (Å²) in [5.74, 6) is 0.510. The van der Waals surface area contributed by atoms with Crippen LogP contribution in [0.3, 0.4) is 0 Å². The minimum absolute atomic E-state index is 0. The lowest BCUT2D eigenvalue weighted by Gasteiger charge is -2.07. The van der Waals surface area contributed by atoms with Crippen molar-refractivity contribution in [2.24, 2.45) is 5.73 Å². The van der Waals surface area contributed by atoms with Gasteiger partial charge in [0.1, 0.15) is 5.75 Å². The molecule has 0 atom stereocenters. The first-order valence-electron chi connectivity index (χ1n) is 4.06. The number of halogens is 1. The largest absolute Gasteiger partial charge is 0.496 e. The smallest absolute Gasteiger partial charge is 0.175 e. The summed E-state index contributed by atoms with van der Waals surface area (Å²) >= 11 is 0. The van der Waals surface area contributed by atoms with Crippen LogP contribution in [0.5, 0.6) is 5.75 Å². The highest BCUT2D eigenvalue weighted by Gasteiger charge is 2.10. The van der Waals surface area contributed by atoms with Gasteiger partial charge in [0, 0.05) is 18.4 Å². The molecule has 1 aromatic rings. The fourth-order valence-corrected chi connectivity index (χ4v) is 1.76. The first kappa shape index (κ1) is 14.2. The van der Waals surface area contributed by atoms with Gasteiger partial charge in [-0.3, -0.25) is 0 Å². The van der Waals surface area contributed by atoms with Crippen molar-refractivity contribution in [3.8, 4) is 5.75 Å². The van der Waals surface area contributed by atoms with Crippen LogP contribution < -0.4 is 10.5 Å². The predicted octanol–water partition coefficient (Wildman–Crippen LogP) is 0.979. The summed E-state index contributed by atoms with van der Waals surface area (Å²) in [4.78, 5) is 0.242. The second-order valence-corrected chi connectivity index (χ2v) is 4.97. The normalized spacial score (nSPS) is 10.6. The molecule has 0 bridgehead atoms. The molecule has 0 aromatic heterocycles. The van der Waals surface area contributed by atoms with E-state index in [1.807, 2.05) is 0 Å². The number of nitrogens with two attached hydrogens (primary N) is 1. The van der Waals surface area contributed by atoms with Crippen molar-refractivity contribution >= 4 is 22.2 Å². The molecule has 0 fully saturated rings. The Morgan fingerprint density at radius 1 is 1.40 bits per heavy atom. The van der Waals surface area contributed by atoms with Crippen LogP contribution in [0.15, 0.2) is 23.1 Å². The highest BCUT2D eigenvalue weighted by molar-refractivity contribution is 7.90. The first-order chi connectivity index (χ1) is 6.49. The number of hydrogen-bond acceptors (Lipinski definition) is 4. The molecule has 0 radical (unpaired) electrons. The average molecular weight is 252 g/mol. The zero-order valence-electron chi connectivity index (χ0n) is 8.56. The van der Waals surface area contributed by atoms with Gasteiger partial charge in [0.2, 0.25) is 0 Å². The Balaban J connectivity index is 0.00000196. The van der Waals surface area contributed by atoms with Crippen molar-refractivity contribution < 1.29 is 13.2 Å². The lowest BCUT2D eigenvalue weighted by Crippen LogP contribution is -2.03. The molecular weight excluding hydrogens is 238 g/mol. The predicted molar refractivity (Wildman–Crippen MR) is 61.2 cm³/mol. The molecule has 0 heterocycles. The van der Waals surface area contributed by atoms with Gasteiger partial charge in [0.15, 0.2) is 9.84 Å². The van der Waals surface area contributed by atoms with E-state index < -0.39 is 9.84 Å². The van der Waals surface area contributed by atoms with Crippen molar-refractivity contribution in [1.29, 1.82) is 0 Å². The Morgan fingerprint density at radius 2 is 2.00 bits per heavy atom. The second kappa shape index (κ2) is 5.34. The van der Waals surface area contributed by atoms with E-state index in [1.165, 1.54) is 19.2 Å². The van der Waals surface area contributed by atoms with Crippen LogP contribution in [0.25, 0.3) is 0 Å². The molecule has 86 valence electrons. The third-order valence-electron chi connectivity index (χ3n) is 1.91. The molecule has 0 unspecified atom stereocenters. The maximum absolute atomic E-state index is 11.2. The topological polar surface area (TPSA) is 69.4 Å². The number of methoxy groups -OCH3 is 1. The molecule has 0 saturated carbocycles. The summed E-state index contributed by atoms with van der Waals surface area (Å²) in [6, 6.07) is 4.67. The summed E-state index contributed by atoms with van der Waals surface area (Å²) in [7, 11) is -1.69. The lowest BCUT2D eigenvalue weighted by molar-refractivity contribution is 0.408. The van der Waals surface area contributed by atoms with Gasteiger partial charge in [0.05, 0.1) is 12.0 Å². The molecule has 0 amide bonds. The quantitative estimate of drug-likeness (QED) is 0.870. The molecule has 0 aliphatic heterocycles. The molecular formula is C9H14ClNO3S. The number of rotatable bonds is 3. The maximum atomic E-state index is 11.2. The molecule has 0 spiro atoms. The van der Waals surface area contributed by atoms with E-state index >= 15 is 0 Å². The summed E-state index contributed by atoms with van der Waals surface area (Å²) in [5, 5.41) is 0. The van der Waals surface area contributed by atoms with Crippen molar-refractivity contribution in [3.05, 3.63) is 23.8 Å². The van der Waals surface area contributed by atoms with E-state index in [4.69, 9.17) is 10.5 Å². The fourth-order valence-electron chi connectivity index (χ4n) is 1.12. The number of sulfone groups is 1. The van der Waals surface area contributed by atoms with Gasteiger partial charge in [-0.05, 0) is 12.1 Å². The van der Waals surface area contributed by atoms with Crippen LogP contribution in [0.2, 0.25) is 0 Å². The highest BCUT2D eigenvalue weighted by atomic mass is 35.5. The average Bonchev–Trinajstić information content (AvgIpc) is 2.15. The van der Waals surface area contributed by atoms with E-state index in [9.17, 15) is 8.42 Å². The van der Waals surface area contributed by atoms with E-state index in [-0.39, 0.29) is 17.3 Å². The van der Waals surface area contributed by atoms with E-state index in [0.717, 1.165) is 11.8 Å². The van der Waals surface area contributed by atoms with Crippen LogP contribution in [-0.2, 0) is 16.4 Å². The zero-order valence-corrected chi connectivity index (χ0v) is 10.2. The fraction of sp³-hybridized carbons (Fsp3) is 0.333. The van der Waals surface area contributed by atoms with Gasteiger partial charge in [-0.1, -0.05) is 6.07 Å². The van der Waals surface area contributed by atoms with Gasteiger partial charge in [-0.25, -0.2) is 8.42 Å². The molecule has 15 heavy (non-hydrogen) atoms. The summed E-state index contributed by atoms with van der Waals surface area (Å²) in [5.41, 5.74) is 6.25. The number of ether oxygens (including phenoxy) is 1. The second-order valence-electron chi connectivity index (χ2n) is 2.95. The summed E-state index contributed by atoms with van der Waals surface area (Å²) in [6.45, 7) is 0.327. The molecule has 0 saturated heterocycles. The van der Waals surface area contributed by atoms with Crippen LogP contribution in [0.4, 0.5) is 0 Å². The standard InChI is InChI=1S/C9H13NO3S.ClH/c1-13-9-5-8(14(2,11)12)4-3-7(9)6-10;/h3-5H,6,10H2,1-2H3;1H. The Hall–Kier alpha value is -0.780. The molecule has 4 nitrogen and oxygen atoms in total. The van der Waals surface area contributed by atoms with E-state index in [0.29, 0.717) is 12.3 Å². The Labute approximate surface area is 95.8 Å². The Kier molecular flexibility index (Phi) is 5.07. The van der Waals surface area contributed by atoms with Gasteiger partial charge >= 0.3 is 0 Å². The molecule has 6 heteroatoms. The van der Waals surface area contributed by atoms with Crippen molar-refractivity contribution in [2.75, 3.05) is 13.4 Å². The SMILES string of the molecule is COc1cc(S(C)(=O)=O)ccc1CN.Cl. The van der Waals surface area contributed by atoms with Gasteiger partial charge in [-0.15, -0.1) is 12.4 Å². The summed E-state index contributed by atoms with van der Waals surface area (Å²) < 4.78 is 27.5. The van der Waals surface area contributed by atoms with Crippen molar-refractivity contribution in [1.82, 2.24) is 0 Å². The maximum Gasteiger partial charge on any atom is 0.175 e. The van der Waals surface area contributed by atoms with Gasteiger partial charge < -0.3 is 10.5 Å². The third kappa shape index (κ3) is 3.37. The summed E-state index contributed by atoms with van der Waals surface area (Å²) in [6.07, 6.45) is 1.16. The molecule has 1 aromatic carbocycles. The highest BCUT2D eigenvalue weighted by Crippen LogP contribution is 2.22. The minimum atomic E-state index is -3.18. The zero-order chi connectivity index (χ0) is 10.8. The molecule has 0 aliphatic rings. The van der Waals surface area contributed by atoms with Crippen LogP contribution in [0.1, 0.15) is 5.56 Å². The van der Waals surface area contributed by atoms with Crippen molar-refractivity contribution in [2.45, 2.75) is 11.4 Å². The lowest BCUT2D eigenvalue weighted by atomic mass is 10.2. The molecule has 0 aliphatic carbocycles. The Morgan fingerprint density at radius 3 is 2.40 bits per heavy atom. The first-order valence-corrected chi connectivity index (χ1v) is 5.95. The third-order valence-corrected chi connectivity index (χ3v) is 3.02. The number of benzene rings is 1. The van der Waals surface area contributed by atoms with Gasteiger partial charge in [0.25, 0.3) is 0 Å². The molecule has 1 rings (SSSR count). The van der Waals surface area contributed by atoms with Crippen LogP contribution >= 0.6 is 12.4 Å². The minimum Gasteiger partial charge on any atom is -0.496 e. The monoisotopic (exact) mass is 251 g/mol. The van der Waals surface area contributed by atoms with E-state index in [2.05, 4.69) is 0 Å². The number of hydrogen-bond donors (Lipinski definition) is 1. The molecule has 2 N–H and O–H groups in total. The van der Waals surface area contributed by atoms with Gasteiger partial charge in [-0.2, -0.15) is 0 Å². The van der Waals surface area contributed by atoms with Crippen LogP contribution in [0, 0.1) is 0 Å². The van der Waals surface area contributed by atoms with Crippen molar-refractivity contribution in [3.63, 3.8) is 0 Å².